The molecule has 3 aromatic carbocycles. The Morgan fingerprint density at radius 3 is 2.62 bits per heavy atom. The number of fused-ring (bicyclic) bond motifs is 3. The van der Waals surface area contributed by atoms with Crippen molar-refractivity contribution in [2.75, 3.05) is 46.2 Å². The van der Waals surface area contributed by atoms with E-state index in [9.17, 15) is 14.7 Å². The molecule has 2 heterocycles. The maximum atomic E-state index is 13.3. The number of aromatic nitrogens is 1. The van der Waals surface area contributed by atoms with Crippen LogP contribution < -0.4 is 24.9 Å². The van der Waals surface area contributed by atoms with Crippen LogP contribution in [0.5, 0.6) is 5.75 Å². The molecule has 0 unspecified atom stereocenters. The second kappa shape index (κ2) is 12.9. The van der Waals surface area contributed by atoms with E-state index in [-0.39, 0.29) is 11.5 Å². The summed E-state index contributed by atoms with van der Waals surface area (Å²) in [5, 5.41) is 24.3. The third-order valence-electron chi connectivity index (χ3n) is 7.83. The maximum Gasteiger partial charge on any atom is 0.336 e. The quantitative estimate of drug-likeness (QED) is 0.117. The van der Waals surface area contributed by atoms with Gasteiger partial charge in [0.2, 0.25) is 5.36 Å². The molecule has 47 heavy (non-hydrogen) atoms. The van der Waals surface area contributed by atoms with Gasteiger partial charge in [0, 0.05) is 60.5 Å². The molecular formula is C36H32N5O5S+. The number of aromatic carboxylic acids is 1. The van der Waals surface area contributed by atoms with Crippen LogP contribution in [-0.4, -0.2) is 63.3 Å². The lowest BCUT2D eigenvalue weighted by atomic mass is 9.89. The number of carboxylic acid groups (broad SMARTS) is 1. The Morgan fingerprint density at radius 2 is 1.87 bits per heavy atom. The van der Waals surface area contributed by atoms with E-state index in [1.165, 1.54) is 23.5 Å². The Balaban J connectivity index is 1.28. The number of nitriles is 1. The summed E-state index contributed by atoms with van der Waals surface area (Å²) < 4.78 is 15.1. The lowest BCUT2D eigenvalue weighted by molar-refractivity contribution is 0.0697. The fraction of sp³-hybridized carbons (Fsp3) is 0.194. The third kappa shape index (κ3) is 6.36. The maximum absolute atomic E-state index is 13.3. The topological polar surface area (TPSA) is 132 Å². The van der Waals surface area contributed by atoms with Crippen LogP contribution in [0.2, 0.25) is 0 Å². The first-order chi connectivity index (χ1) is 22.6. The van der Waals surface area contributed by atoms with Gasteiger partial charge in [-0.15, -0.1) is 11.3 Å². The molecule has 0 atom stereocenters. The van der Waals surface area contributed by atoms with Crippen molar-refractivity contribution in [3.63, 3.8) is 0 Å². The summed E-state index contributed by atoms with van der Waals surface area (Å²) in [6.45, 7) is 0.723. The lowest BCUT2D eigenvalue weighted by Crippen LogP contribution is -2.25. The number of amides is 1. The van der Waals surface area contributed by atoms with E-state index in [0.717, 1.165) is 32.2 Å². The molecule has 0 fully saturated rings. The largest absolute Gasteiger partial charge is 0.493 e. The number of hydrogen-bond donors (Lipinski definition) is 2. The van der Waals surface area contributed by atoms with Crippen molar-refractivity contribution < 1.29 is 23.8 Å². The summed E-state index contributed by atoms with van der Waals surface area (Å²) >= 11 is 1.31. The fourth-order valence-corrected chi connectivity index (χ4v) is 6.19. The highest BCUT2D eigenvalue weighted by atomic mass is 32.1. The van der Waals surface area contributed by atoms with Crippen molar-refractivity contribution in [2.24, 2.45) is 0 Å². The number of hydrogen-bond acceptors (Lipinski definition) is 8. The zero-order chi connectivity index (χ0) is 33.2. The minimum atomic E-state index is -1.10. The van der Waals surface area contributed by atoms with Crippen molar-refractivity contribution in [3.8, 4) is 34.3 Å². The number of nitrogens with zero attached hydrogens (tertiary/aromatic N) is 4. The number of nitrogens with one attached hydrogen (secondary N) is 1. The van der Waals surface area contributed by atoms with Gasteiger partial charge in [-0.3, -0.25) is 4.79 Å². The number of ether oxygens (including phenoxy) is 1. The van der Waals surface area contributed by atoms with Crippen molar-refractivity contribution in [1.82, 2.24) is 14.9 Å². The summed E-state index contributed by atoms with van der Waals surface area (Å²) in [7, 11) is 7.77. The number of benzene rings is 4. The number of rotatable bonds is 9. The summed E-state index contributed by atoms with van der Waals surface area (Å²) in [5.41, 5.74) is 4.54. The molecule has 1 aromatic heterocycles. The van der Waals surface area contributed by atoms with Gasteiger partial charge in [-0.1, -0.05) is 0 Å². The third-order valence-corrected chi connectivity index (χ3v) is 8.76. The Kier molecular flexibility index (Phi) is 8.61. The first kappa shape index (κ1) is 31.3. The molecule has 1 aliphatic heterocycles. The van der Waals surface area contributed by atoms with Crippen LogP contribution in [0, 0.1) is 11.3 Å². The standard InChI is InChI=1S/C36H31N5O5S/c1-40(2)22-7-11-26-30(17-22)46-31-18-23(41(3)4)8-12-27(31)34(26)28-16-21(6-10-25(28)36(43)44)35(42)38-14-5-15-45-24-9-13-29-32(19-24)47-33(20-37)39-29/h6-13,16-19H,5,14-15H2,1-4H3,(H-,38,42,43,44)/p+1. The highest BCUT2D eigenvalue weighted by Gasteiger charge is 2.24. The van der Waals surface area contributed by atoms with Crippen molar-refractivity contribution in [2.45, 2.75) is 6.42 Å². The van der Waals surface area contributed by atoms with Crippen molar-refractivity contribution >= 4 is 50.1 Å². The van der Waals surface area contributed by atoms with E-state index in [2.05, 4.69) is 16.4 Å². The average molecular weight is 647 g/mol. The van der Waals surface area contributed by atoms with Crippen LogP contribution in [-0.2, 0) is 0 Å². The molecule has 0 saturated heterocycles. The summed E-state index contributed by atoms with van der Waals surface area (Å²) in [6, 6.07) is 23.8. The van der Waals surface area contributed by atoms with E-state index >= 15 is 0 Å². The zero-order valence-corrected chi connectivity index (χ0v) is 27.1. The first-order valence-electron chi connectivity index (χ1n) is 14.9. The highest BCUT2D eigenvalue weighted by molar-refractivity contribution is 7.19. The van der Waals surface area contributed by atoms with Gasteiger partial charge in [-0.2, -0.15) is 5.26 Å². The van der Waals surface area contributed by atoms with Crippen molar-refractivity contribution in [1.29, 1.82) is 5.26 Å². The molecule has 0 saturated carbocycles. The van der Waals surface area contributed by atoms with Gasteiger partial charge in [0.1, 0.15) is 37.3 Å². The minimum absolute atomic E-state index is 0.0805. The smallest absolute Gasteiger partial charge is 0.336 e. The van der Waals surface area contributed by atoms with Gasteiger partial charge < -0.3 is 24.5 Å². The monoisotopic (exact) mass is 646 g/mol. The van der Waals surface area contributed by atoms with Gasteiger partial charge in [0.05, 0.1) is 28.5 Å². The molecule has 2 aliphatic rings. The molecule has 2 N–H and O–H groups in total. The first-order valence-corrected chi connectivity index (χ1v) is 15.7. The molecule has 0 bridgehead atoms. The lowest BCUT2D eigenvalue weighted by Gasteiger charge is -2.19. The van der Waals surface area contributed by atoms with E-state index in [1.54, 1.807) is 12.1 Å². The number of carbonyl (C=O) groups excluding carboxylic acids is 1. The predicted molar refractivity (Wildman–Crippen MR) is 183 cm³/mol. The van der Waals surface area contributed by atoms with E-state index < -0.39 is 5.97 Å². The molecule has 4 aromatic rings. The predicted octanol–water partition coefficient (Wildman–Crippen LogP) is 5.68. The number of thiazole rings is 1. The molecule has 236 valence electrons. The van der Waals surface area contributed by atoms with Crippen LogP contribution in [0.4, 0.5) is 5.69 Å². The van der Waals surface area contributed by atoms with Gasteiger partial charge in [-0.05, 0) is 66.6 Å². The van der Waals surface area contributed by atoms with Crippen LogP contribution in [0.3, 0.4) is 0 Å². The van der Waals surface area contributed by atoms with Crippen LogP contribution >= 0.6 is 11.3 Å². The normalized spacial score (nSPS) is 11.0. The van der Waals surface area contributed by atoms with Crippen LogP contribution in [0.25, 0.3) is 43.6 Å². The van der Waals surface area contributed by atoms with Gasteiger partial charge >= 0.3 is 5.97 Å². The van der Waals surface area contributed by atoms with E-state index in [1.807, 2.05) is 86.2 Å². The molecule has 1 amide bonds. The second-order valence-electron chi connectivity index (χ2n) is 11.4. The molecule has 1 aliphatic carbocycles. The number of carboxylic acids is 1. The highest BCUT2D eigenvalue weighted by Crippen LogP contribution is 2.42. The van der Waals surface area contributed by atoms with Gasteiger partial charge in [0.25, 0.3) is 5.91 Å². The molecule has 11 heteroatoms. The minimum Gasteiger partial charge on any atom is -0.493 e. The van der Waals surface area contributed by atoms with Crippen LogP contribution in [0.1, 0.15) is 32.1 Å². The van der Waals surface area contributed by atoms with Gasteiger partial charge in [-0.25, -0.2) is 14.4 Å². The Hall–Kier alpha value is -5.73. The fourth-order valence-electron chi connectivity index (χ4n) is 5.40. The summed E-state index contributed by atoms with van der Waals surface area (Å²) in [5.74, 6) is -0.158. The molecular weight excluding hydrogens is 614 g/mol. The SMILES string of the molecule is CN(C)c1ccc2c(-c3cc(C(=O)NCCCOc4ccc5nc(C#N)sc5c4)ccc3C(=O)O)c3ccc(=[N+](C)C)cc-3oc2c1. The number of carbonyl (C=O) groups is 2. The zero-order valence-electron chi connectivity index (χ0n) is 26.3. The van der Waals surface area contributed by atoms with E-state index in [0.29, 0.717) is 58.4 Å². The molecule has 6 rings (SSSR count). The van der Waals surface area contributed by atoms with E-state index in [4.69, 9.17) is 14.4 Å². The molecule has 10 nitrogen and oxygen atoms in total. The summed E-state index contributed by atoms with van der Waals surface area (Å²) in [4.78, 5) is 32.0. The Labute approximate surface area is 274 Å². The van der Waals surface area contributed by atoms with Gasteiger partial charge in [0.15, 0.2) is 5.01 Å². The second-order valence-corrected chi connectivity index (χ2v) is 12.4. The summed E-state index contributed by atoms with van der Waals surface area (Å²) in [6.07, 6.45) is 0.549. The van der Waals surface area contributed by atoms with Crippen molar-refractivity contribution in [3.05, 3.63) is 94.3 Å². The molecule has 0 radical (unpaired) electrons. The number of anilines is 1. The Morgan fingerprint density at radius 1 is 1.04 bits per heavy atom. The average Bonchev–Trinajstić information content (AvgIpc) is 3.48. The Bertz CT molecular complexity index is 2260. The van der Waals surface area contributed by atoms with Crippen LogP contribution in [0.15, 0.2) is 77.2 Å². The molecule has 0 spiro atoms.